The lowest BCUT2D eigenvalue weighted by Crippen LogP contribution is -2.18. The van der Waals surface area contributed by atoms with Crippen LogP contribution < -0.4 is 19.6 Å². The number of amides is 1. The molecule has 33 heavy (non-hydrogen) atoms. The predicted molar refractivity (Wildman–Crippen MR) is 136 cm³/mol. The Balaban J connectivity index is 1.74. The highest BCUT2D eigenvalue weighted by atomic mass is 79.9. The molecule has 172 valence electrons. The van der Waals surface area contributed by atoms with Crippen molar-refractivity contribution in [2.75, 3.05) is 13.2 Å². The van der Waals surface area contributed by atoms with Crippen LogP contribution in [0.1, 0.15) is 35.3 Å². The SMILES string of the molecule is CCOc1ccc(C(=O)N/N=C/c2cc(Br)cc(Br)c2OCc2ccccc2)cc1OCC. The van der Waals surface area contributed by atoms with Gasteiger partial charge in [-0.1, -0.05) is 46.3 Å². The fourth-order valence-corrected chi connectivity index (χ4v) is 4.35. The maximum atomic E-state index is 12.6. The molecule has 1 amide bonds. The first kappa shape index (κ1) is 24.8. The molecule has 0 atom stereocenters. The molecule has 0 aliphatic rings. The van der Waals surface area contributed by atoms with Crippen molar-refractivity contribution in [1.29, 1.82) is 0 Å². The number of benzene rings is 3. The van der Waals surface area contributed by atoms with Crippen LogP contribution in [0.3, 0.4) is 0 Å². The third kappa shape index (κ3) is 7.07. The second kappa shape index (κ2) is 12.4. The number of hydrogen-bond acceptors (Lipinski definition) is 5. The average molecular weight is 576 g/mol. The van der Waals surface area contributed by atoms with Crippen molar-refractivity contribution < 1.29 is 19.0 Å². The van der Waals surface area contributed by atoms with E-state index in [1.807, 2.05) is 56.3 Å². The molecule has 0 unspecified atom stereocenters. The van der Waals surface area contributed by atoms with Crippen LogP contribution in [0, 0.1) is 0 Å². The van der Waals surface area contributed by atoms with E-state index in [2.05, 4.69) is 42.4 Å². The highest BCUT2D eigenvalue weighted by molar-refractivity contribution is 9.11. The van der Waals surface area contributed by atoms with Gasteiger partial charge in [0.2, 0.25) is 0 Å². The van der Waals surface area contributed by atoms with E-state index in [9.17, 15) is 4.79 Å². The van der Waals surface area contributed by atoms with E-state index in [1.54, 1.807) is 24.4 Å². The topological polar surface area (TPSA) is 69.2 Å². The summed E-state index contributed by atoms with van der Waals surface area (Å²) >= 11 is 7.02. The number of hydrazone groups is 1. The molecule has 0 saturated carbocycles. The molecule has 6 nitrogen and oxygen atoms in total. The van der Waals surface area contributed by atoms with Crippen molar-refractivity contribution in [3.05, 3.63) is 86.3 Å². The van der Waals surface area contributed by atoms with Crippen molar-refractivity contribution in [1.82, 2.24) is 5.43 Å². The molecule has 3 rings (SSSR count). The lowest BCUT2D eigenvalue weighted by atomic mass is 10.2. The van der Waals surface area contributed by atoms with Gasteiger partial charge in [0.05, 0.1) is 23.9 Å². The maximum absolute atomic E-state index is 12.6. The Hall–Kier alpha value is -2.84. The smallest absolute Gasteiger partial charge is 0.271 e. The summed E-state index contributed by atoms with van der Waals surface area (Å²) in [5.74, 6) is 1.37. The minimum atomic E-state index is -0.365. The number of carbonyl (C=O) groups excluding carboxylic acids is 1. The highest BCUT2D eigenvalue weighted by Crippen LogP contribution is 2.33. The summed E-state index contributed by atoms with van der Waals surface area (Å²) in [4.78, 5) is 12.6. The van der Waals surface area contributed by atoms with Crippen LogP contribution >= 0.6 is 31.9 Å². The van der Waals surface area contributed by atoms with Gasteiger partial charge in [-0.2, -0.15) is 5.10 Å². The number of carbonyl (C=O) groups is 1. The van der Waals surface area contributed by atoms with Crippen molar-refractivity contribution in [3.63, 3.8) is 0 Å². The molecule has 0 aliphatic heterocycles. The summed E-state index contributed by atoms with van der Waals surface area (Å²) in [6.07, 6.45) is 1.55. The zero-order valence-electron chi connectivity index (χ0n) is 18.3. The van der Waals surface area contributed by atoms with Crippen LogP contribution in [0.5, 0.6) is 17.2 Å². The Bertz CT molecular complexity index is 1120. The summed E-state index contributed by atoms with van der Waals surface area (Å²) in [6.45, 7) is 5.14. The Morgan fingerprint density at radius 1 is 0.939 bits per heavy atom. The Morgan fingerprint density at radius 3 is 2.39 bits per heavy atom. The molecule has 0 aliphatic carbocycles. The normalized spacial score (nSPS) is 10.8. The molecular formula is C25H24Br2N2O4. The van der Waals surface area contributed by atoms with E-state index in [0.29, 0.717) is 48.2 Å². The zero-order chi connectivity index (χ0) is 23.6. The number of hydrogen-bond donors (Lipinski definition) is 1. The van der Waals surface area contributed by atoms with Gasteiger partial charge in [0.1, 0.15) is 12.4 Å². The molecule has 0 fully saturated rings. The second-order valence-electron chi connectivity index (χ2n) is 6.81. The molecule has 0 heterocycles. The third-order valence-corrected chi connectivity index (χ3v) is 5.49. The fourth-order valence-electron chi connectivity index (χ4n) is 2.98. The van der Waals surface area contributed by atoms with Crippen LogP contribution in [-0.4, -0.2) is 25.3 Å². The summed E-state index contributed by atoms with van der Waals surface area (Å²) in [6, 6.07) is 18.7. The van der Waals surface area contributed by atoms with Gasteiger partial charge >= 0.3 is 0 Å². The van der Waals surface area contributed by atoms with Gasteiger partial charge in [0, 0.05) is 15.6 Å². The quantitative estimate of drug-likeness (QED) is 0.226. The molecule has 0 radical (unpaired) electrons. The van der Waals surface area contributed by atoms with Crippen LogP contribution in [0.15, 0.2) is 74.7 Å². The second-order valence-corrected chi connectivity index (χ2v) is 8.58. The molecule has 0 aromatic heterocycles. The molecule has 3 aromatic rings. The van der Waals surface area contributed by atoms with Crippen LogP contribution in [-0.2, 0) is 6.61 Å². The van der Waals surface area contributed by atoms with E-state index in [0.717, 1.165) is 14.5 Å². The maximum Gasteiger partial charge on any atom is 0.271 e. The van der Waals surface area contributed by atoms with Gasteiger partial charge < -0.3 is 14.2 Å². The first-order chi connectivity index (χ1) is 16.0. The summed E-state index contributed by atoms with van der Waals surface area (Å²) in [7, 11) is 0. The number of nitrogens with one attached hydrogen (secondary N) is 1. The Morgan fingerprint density at radius 2 is 1.67 bits per heavy atom. The van der Waals surface area contributed by atoms with Crippen LogP contribution in [0.4, 0.5) is 0 Å². The lowest BCUT2D eigenvalue weighted by molar-refractivity contribution is 0.0954. The van der Waals surface area contributed by atoms with Crippen molar-refractivity contribution in [2.24, 2.45) is 5.10 Å². The summed E-state index contributed by atoms with van der Waals surface area (Å²) in [5, 5.41) is 4.13. The molecule has 0 spiro atoms. The highest BCUT2D eigenvalue weighted by Gasteiger charge is 2.12. The van der Waals surface area contributed by atoms with E-state index in [4.69, 9.17) is 14.2 Å². The Labute approximate surface area is 210 Å². The molecular weight excluding hydrogens is 552 g/mol. The van der Waals surface area contributed by atoms with Gasteiger partial charge in [-0.15, -0.1) is 0 Å². The van der Waals surface area contributed by atoms with Crippen LogP contribution in [0.25, 0.3) is 0 Å². The summed E-state index contributed by atoms with van der Waals surface area (Å²) < 4.78 is 18.8. The van der Waals surface area contributed by atoms with Gasteiger partial charge in [-0.05, 0) is 65.7 Å². The molecule has 3 aromatic carbocycles. The predicted octanol–water partition coefficient (Wildman–Crippen LogP) is 6.35. The van der Waals surface area contributed by atoms with E-state index in [-0.39, 0.29) is 5.91 Å². The van der Waals surface area contributed by atoms with Crippen LogP contribution in [0.2, 0.25) is 0 Å². The average Bonchev–Trinajstić information content (AvgIpc) is 2.80. The molecule has 0 saturated heterocycles. The fraction of sp³-hybridized carbons (Fsp3) is 0.200. The molecule has 8 heteroatoms. The molecule has 1 N–H and O–H groups in total. The van der Waals surface area contributed by atoms with Gasteiger partial charge in [-0.3, -0.25) is 4.79 Å². The van der Waals surface area contributed by atoms with Gasteiger partial charge in [-0.25, -0.2) is 5.43 Å². The standard InChI is InChI=1S/C25H24Br2N2O4/c1-3-31-22-11-10-18(13-23(22)32-4-2)25(30)29-28-15-19-12-20(26)14-21(27)24(19)33-16-17-8-6-5-7-9-17/h5-15H,3-4,16H2,1-2H3,(H,29,30)/b28-15+. The largest absolute Gasteiger partial charge is 0.490 e. The van der Waals surface area contributed by atoms with Gasteiger partial charge in [0.25, 0.3) is 5.91 Å². The van der Waals surface area contributed by atoms with E-state index >= 15 is 0 Å². The van der Waals surface area contributed by atoms with Crippen molar-refractivity contribution in [3.8, 4) is 17.2 Å². The van der Waals surface area contributed by atoms with E-state index in [1.165, 1.54) is 0 Å². The zero-order valence-corrected chi connectivity index (χ0v) is 21.5. The first-order valence-corrected chi connectivity index (χ1v) is 12.0. The Kier molecular flexibility index (Phi) is 9.33. The van der Waals surface area contributed by atoms with Crippen molar-refractivity contribution >= 4 is 44.0 Å². The first-order valence-electron chi connectivity index (χ1n) is 10.4. The van der Waals surface area contributed by atoms with Crippen molar-refractivity contribution in [2.45, 2.75) is 20.5 Å². The lowest BCUT2D eigenvalue weighted by Gasteiger charge is -2.12. The summed E-state index contributed by atoms with van der Waals surface area (Å²) in [5.41, 5.74) is 4.72. The number of halogens is 2. The van der Waals surface area contributed by atoms with E-state index < -0.39 is 0 Å². The molecule has 0 bridgehead atoms. The number of ether oxygens (including phenoxy) is 3. The minimum Gasteiger partial charge on any atom is -0.490 e. The monoisotopic (exact) mass is 574 g/mol. The number of rotatable bonds is 10. The minimum absolute atomic E-state index is 0.365. The van der Waals surface area contributed by atoms with Gasteiger partial charge in [0.15, 0.2) is 11.5 Å². The number of nitrogens with zero attached hydrogens (tertiary/aromatic N) is 1. The third-order valence-electron chi connectivity index (χ3n) is 4.44.